The van der Waals surface area contributed by atoms with E-state index in [0.717, 1.165) is 30.5 Å². The maximum Gasteiger partial charge on any atom is 0.0443 e. The third-order valence-corrected chi connectivity index (χ3v) is 3.76. The molecule has 0 aliphatic rings. The lowest BCUT2D eigenvalue weighted by molar-refractivity contribution is 0.226. The molecule has 1 heterocycles. The van der Waals surface area contributed by atoms with E-state index in [-0.39, 0.29) is 6.61 Å². The zero-order chi connectivity index (χ0) is 10.4. The molecule has 0 spiro atoms. The van der Waals surface area contributed by atoms with Gasteiger partial charge in [0.2, 0.25) is 0 Å². The average Bonchev–Trinajstić information content (AvgIpc) is 2.58. The van der Waals surface area contributed by atoms with E-state index in [1.165, 1.54) is 4.88 Å². The fourth-order valence-corrected chi connectivity index (χ4v) is 2.79. The monoisotopic (exact) mass is 277 g/mol. The first-order valence-electron chi connectivity index (χ1n) is 4.82. The van der Waals surface area contributed by atoms with Gasteiger partial charge < -0.3 is 5.11 Å². The predicted molar refractivity (Wildman–Crippen MR) is 64.7 cm³/mol. The Balaban J connectivity index is 2.40. The molecule has 1 aromatic rings. The Labute approximate surface area is 97.7 Å². The highest BCUT2D eigenvalue weighted by molar-refractivity contribution is 9.10. The molecule has 0 saturated carbocycles. The molecule has 0 aliphatic carbocycles. The van der Waals surface area contributed by atoms with Gasteiger partial charge in [-0.3, -0.25) is 4.90 Å². The summed E-state index contributed by atoms with van der Waals surface area (Å²) in [6, 6.07) is 2.16. The zero-order valence-corrected chi connectivity index (χ0v) is 10.8. The largest absolute Gasteiger partial charge is 0.396 e. The van der Waals surface area contributed by atoms with Crippen LogP contribution < -0.4 is 0 Å². The summed E-state index contributed by atoms with van der Waals surface area (Å²) in [7, 11) is 0. The Kier molecular flexibility index (Phi) is 5.70. The fraction of sp³-hybridized carbons (Fsp3) is 0.600. The SMILES string of the molecule is CCN(CCCO)Cc1cc(Br)cs1. The van der Waals surface area contributed by atoms with Crippen LogP contribution in [0.3, 0.4) is 0 Å². The summed E-state index contributed by atoms with van der Waals surface area (Å²) < 4.78 is 1.16. The number of thiophene rings is 1. The van der Waals surface area contributed by atoms with Crippen molar-refractivity contribution in [1.29, 1.82) is 0 Å². The molecule has 0 saturated heterocycles. The molecular formula is C10H16BrNOS. The first kappa shape index (κ1) is 12.2. The first-order chi connectivity index (χ1) is 6.76. The van der Waals surface area contributed by atoms with Crippen LogP contribution in [-0.2, 0) is 6.54 Å². The lowest BCUT2D eigenvalue weighted by Gasteiger charge is -2.18. The van der Waals surface area contributed by atoms with Crippen molar-refractivity contribution in [1.82, 2.24) is 4.90 Å². The Hall–Kier alpha value is 0.1000. The summed E-state index contributed by atoms with van der Waals surface area (Å²) in [5.41, 5.74) is 0. The second-order valence-electron chi connectivity index (χ2n) is 3.18. The third-order valence-electron chi connectivity index (χ3n) is 2.08. The molecule has 0 unspecified atom stereocenters. The third kappa shape index (κ3) is 4.09. The maximum atomic E-state index is 8.75. The topological polar surface area (TPSA) is 23.5 Å². The van der Waals surface area contributed by atoms with Crippen molar-refractivity contribution in [3.05, 3.63) is 20.8 Å². The van der Waals surface area contributed by atoms with Gasteiger partial charge in [0.1, 0.15) is 0 Å². The van der Waals surface area contributed by atoms with Crippen molar-refractivity contribution in [3.63, 3.8) is 0 Å². The van der Waals surface area contributed by atoms with Crippen molar-refractivity contribution >= 4 is 27.3 Å². The van der Waals surface area contributed by atoms with Crippen LogP contribution in [0.5, 0.6) is 0 Å². The van der Waals surface area contributed by atoms with Gasteiger partial charge in [-0.25, -0.2) is 0 Å². The lowest BCUT2D eigenvalue weighted by atomic mass is 10.3. The molecule has 0 bridgehead atoms. The van der Waals surface area contributed by atoms with Crippen molar-refractivity contribution in [2.24, 2.45) is 0 Å². The minimum absolute atomic E-state index is 0.282. The number of hydrogen-bond acceptors (Lipinski definition) is 3. The fourth-order valence-electron chi connectivity index (χ4n) is 1.30. The molecule has 2 nitrogen and oxygen atoms in total. The van der Waals surface area contributed by atoms with E-state index in [0.29, 0.717) is 0 Å². The molecular weight excluding hydrogens is 262 g/mol. The Morgan fingerprint density at radius 1 is 1.57 bits per heavy atom. The zero-order valence-electron chi connectivity index (χ0n) is 8.37. The van der Waals surface area contributed by atoms with Crippen molar-refractivity contribution in [2.75, 3.05) is 19.7 Å². The maximum absolute atomic E-state index is 8.75. The van der Waals surface area contributed by atoms with Gasteiger partial charge in [0.05, 0.1) is 0 Å². The molecule has 0 fully saturated rings. The minimum Gasteiger partial charge on any atom is -0.396 e. The molecule has 0 radical (unpaired) electrons. The van der Waals surface area contributed by atoms with Crippen LogP contribution in [-0.4, -0.2) is 29.7 Å². The number of hydrogen-bond donors (Lipinski definition) is 1. The van der Waals surface area contributed by atoms with Crippen LogP contribution in [0.15, 0.2) is 15.9 Å². The molecule has 0 aliphatic heterocycles. The molecule has 0 amide bonds. The van der Waals surface area contributed by atoms with E-state index in [2.05, 4.69) is 39.2 Å². The van der Waals surface area contributed by atoms with Gasteiger partial charge in [0.15, 0.2) is 0 Å². The first-order valence-corrected chi connectivity index (χ1v) is 6.49. The van der Waals surface area contributed by atoms with Gasteiger partial charge >= 0.3 is 0 Å². The second kappa shape index (κ2) is 6.56. The van der Waals surface area contributed by atoms with Gasteiger partial charge in [-0.1, -0.05) is 6.92 Å². The normalized spacial score (nSPS) is 11.1. The van der Waals surface area contributed by atoms with Crippen LogP contribution in [0.4, 0.5) is 0 Å². The second-order valence-corrected chi connectivity index (χ2v) is 5.09. The number of rotatable bonds is 6. The molecule has 0 aromatic carbocycles. The number of halogens is 1. The Bertz CT molecular complexity index is 264. The highest BCUT2D eigenvalue weighted by Crippen LogP contribution is 2.21. The standard InChI is InChI=1S/C10H16BrNOS/c1-2-12(4-3-5-13)7-10-6-9(11)8-14-10/h6,8,13H,2-5,7H2,1H3. The van der Waals surface area contributed by atoms with Crippen molar-refractivity contribution in [3.8, 4) is 0 Å². The summed E-state index contributed by atoms with van der Waals surface area (Å²) >= 11 is 5.22. The summed E-state index contributed by atoms with van der Waals surface area (Å²) in [6.45, 7) is 5.44. The van der Waals surface area contributed by atoms with E-state index in [1.807, 2.05) is 0 Å². The summed E-state index contributed by atoms with van der Waals surface area (Å²) in [5, 5.41) is 10.9. The van der Waals surface area contributed by atoms with Crippen LogP contribution in [0.25, 0.3) is 0 Å². The van der Waals surface area contributed by atoms with E-state index in [4.69, 9.17) is 5.11 Å². The molecule has 1 N–H and O–H groups in total. The quantitative estimate of drug-likeness (QED) is 0.865. The van der Waals surface area contributed by atoms with Crippen LogP contribution in [0, 0.1) is 0 Å². The molecule has 1 aromatic heterocycles. The van der Waals surface area contributed by atoms with Crippen LogP contribution in [0.2, 0.25) is 0 Å². The number of nitrogens with zero attached hydrogens (tertiary/aromatic N) is 1. The van der Waals surface area contributed by atoms with Crippen LogP contribution >= 0.6 is 27.3 Å². The molecule has 1 rings (SSSR count). The molecule has 0 atom stereocenters. The Morgan fingerprint density at radius 2 is 2.36 bits per heavy atom. The lowest BCUT2D eigenvalue weighted by Crippen LogP contribution is -2.24. The van der Waals surface area contributed by atoms with Gasteiger partial charge in [0, 0.05) is 34.4 Å². The number of aliphatic hydroxyl groups excluding tert-OH is 1. The van der Waals surface area contributed by atoms with Crippen molar-refractivity contribution in [2.45, 2.75) is 19.9 Å². The summed E-state index contributed by atoms with van der Waals surface area (Å²) in [6.07, 6.45) is 0.861. The summed E-state index contributed by atoms with van der Waals surface area (Å²) in [5.74, 6) is 0. The Morgan fingerprint density at radius 3 is 2.86 bits per heavy atom. The van der Waals surface area contributed by atoms with Gasteiger partial charge in [-0.2, -0.15) is 0 Å². The predicted octanol–water partition coefficient (Wildman–Crippen LogP) is 2.71. The van der Waals surface area contributed by atoms with E-state index in [9.17, 15) is 0 Å². The number of aliphatic hydroxyl groups is 1. The van der Waals surface area contributed by atoms with Gasteiger partial charge in [-0.15, -0.1) is 11.3 Å². The van der Waals surface area contributed by atoms with Gasteiger partial charge in [0.25, 0.3) is 0 Å². The summed E-state index contributed by atoms with van der Waals surface area (Å²) in [4.78, 5) is 3.71. The van der Waals surface area contributed by atoms with E-state index < -0.39 is 0 Å². The smallest absolute Gasteiger partial charge is 0.0443 e. The highest BCUT2D eigenvalue weighted by atomic mass is 79.9. The van der Waals surface area contributed by atoms with Gasteiger partial charge in [-0.05, 0) is 35.0 Å². The molecule has 80 valence electrons. The van der Waals surface area contributed by atoms with E-state index >= 15 is 0 Å². The van der Waals surface area contributed by atoms with Crippen molar-refractivity contribution < 1.29 is 5.11 Å². The molecule has 4 heteroatoms. The highest BCUT2D eigenvalue weighted by Gasteiger charge is 2.04. The minimum atomic E-state index is 0.282. The average molecular weight is 278 g/mol. The van der Waals surface area contributed by atoms with Crippen LogP contribution in [0.1, 0.15) is 18.2 Å². The molecule has 14 heavy (non-hydrogen) atoms. The van der Waals surface area contributed by atoms with E-state index in [1.54, 1.807) is 11.3 Å².